The van der Waals surface area contributed by atoms with Crippen molar-refractivity contribution >= 4 is 27.5 Å². The maximum absolute atomic E-state index is 12.7. The number of sulfonamides is 1. The summed E-state index contributed by atoms with van der Waals surface area (Å²) in [6, 6.07) is 4.05. The predicted molar refractivity (Wildman–Crippen MR) is 92.9 cm³/mol. The molecule has 0 aromatic heterocycles. The van der Waals surface area contributed by atoms with Gasteiger partial charge in [-0.05, 0) is 39.0 Å². The summed E-state index contributed by atoms with van der Waals surface area (Å²) < 4.78 is 31.9. The third kappa shape index (κ3) is 3.91. The molecule has 1 aliphatic heterocycles. The minimum atomic E-state index is -3.67. The maximum Gasteiger partial charge on any atom is 0.255 e. The van der Waals surface area contributed by atoms with Gasteiger partial charge >= 0.3 is 0 Å². The van der Waals surface area contributed by atoms with Crippen molar-refractivity contribution in [2.75, 3.05) is 26.7 Å². The Balaban J connectivity index is 2.37. The number of morpholine rings is 1. The fraction of sp³-hybridized carbons (Fsp3) is 0.562. The number of benzene rings is 1. The molecule has 6 nitrogen and oxygen atoms in total. The molecule has 1 saturated heterocycles. The van der Waals surface area contributed by atoms with E-state index in [2.05, 4.69) is 0 Å². The molecule has 134 valence electrons. The zero-order valence-electron chi connectivity index (χ0n) is 14.3. The van der Waals surface area contributed by atoms with Crippen molar-refractivity contribution < 1.29 is 17.9 Å². The van der Waals surface area contributed by atoms with Crippen LogP contribution in [0.2, 0.25) is 5.02 Å². The van der Waals surface area contributed by atoms with E-state index in [4.69, 9.17) is 16.3 Å². The number of ether oxygens (including phenoxy) is 1. The van der Waals surface area contributed by atoms with Crippen LogP contribution in [-0.2, 0) is 14.8 Å². The van der Waals surface area contributed by atoms with Crippen LogP contribution in [-0.4, -0.2) is 62.4 Å². The number of carbonyl (C=O) groups excluding carboxylic acids is 1. The molecule has 1 amide bonds. The molecule has 0 aliphatic carbocycles. The van der Waals surface area contributed by atoms with Gasteiger partial charge in [0.25, 0.3) is 5.91 Å². The first-order valence-electron chi connectivity index (χ1n) is 7.83. The van der Waals surface area contributed by atoms with Gasteiger partial charge < -0.3 is 9.64 Å². The topological polar surface area (TPSA) is 66.9 Å². The number of hydrogen-bond acceptors (Lipinski definition) is 4. The number of halogens is 1. The van der Waals surface area contributed by atoms with Crippen molar-refractivity contribution in [3.8, 4) is 0 Å². The monoisotopic (exact) mass is 374 g/mol. The Bertz CT molecular complexity index is 721. The second-order valence-corrected chi connectivity index (χ2v) is 8.59. The van der Waals surface area contributed by atoms with Crippen LogP contribution >= 0.6 is 11.6 Å². The van der Waals surface area contributed by atoms with Gasteiger partial charge in [0.2, 0.25) is 10.0 Å². The zero-order valence-corrected chi connectivity index (χ0v) is 15.9. The Hall–Kier alpha value is -1.15. The van der Waals surface area contributed by atoms with Gasteiger partial charge in [-0.2, -0.15) is 4.31 Å². The van der Waals surface area contributed by atoms with Crippen LogP contribution in [0.5, 0.6) is 0 Å². The first-order valence-corrected chi connectivity index (χ1v) is 9.65. The van der Waals surface area contributed by atoms with Crippen molar-refractivity contribution in [1.29, 1.82) is 0 Å². The van der Waals surface area contributed by atoms with Crippen LogP contribution in [0.4, 0.5) is 0 Å². The lowest BCUT2D eigenvalue weighted by Gasteiger charge is -2.31. The number of hydrogen-bond donors (Lipinski definition) is 0. The summed E-state index contributed by atoms with van der Waals surface area (Å²) in [6.07, 6.45) is -0.0551. The Morgan fingerprint density at radius 1 is 1.42 bits per heavy atom. The summed E-state index contributed by atoms with van der Waals surface area (Å²) in [4.78, 5) is 14.4. The van der Waals surface area contributed by atoms with Crippen LogP contribution in [0.15, 0.2) is 23.1 Å². The van der Waals surface area contributed by atoms with E-state index in [1.165, 1.54) is 29.6 Å². The third-order valence-electron chi connectivity index (χ3n) is 4.10. The quantitative estimate of drug-likeness (QED) is 0.810. The van der Waals surface area contributed by atoms with Gasteiger partial charge in [0.1, 0.15) is 0 Å². The first-order chi connectivity index (χ1) is 11.1. The van der Waals surface area contributed by atoms with Crippen molar-refractivity contribution in [2.24, 2.45) is 0 Å². The summed E-state index contributed by atoms with van der Waals surface area (Å²) in [5.74, 6) is -0.278. The van der Waals surface area contributed by atoms with E-state index in [0.717, 1.165) is 0 Å². The molecule has 1 atom stereocenters. The Morgan fingerprint density at radius 3 is 2.67 bits per heavy atom. The summed E-state index contributed by atoms with van der Waals surface area (Å²) in [6.45, 7) is 6.84. The smallest absolute Gasteiger partial charge is 0.255 e. The van der Waals surface area contributed by atoms with Gasteiger partial charge in [-0.25, -0.2) is 8.42 Å². The molecule has 1 aromatic rings. The lowest BCUT2D eigenvalue weighted by atomic mass is 10.1. The number of rotatable bonds is 4. The van der Waals surface area contributed by atoms with Crippen molar-refractivity contribution in [1.82, 2.24) is 9.21 Å². The summed E-state index contributed by atoms with van der Waals surface area (Å²) >= 11 is 6.15. The molecule has 0 saturated carbocycles. The number of carbonyl (C=O) groups is 1. The average Bonchev–Trinajstić information content (AvgIpc) is 2.53. The molecule has 1 aliphatic rings. The van der Waals surface area contributed by atoms with Gasteiger partial charge in [-0.3, -0.25) is 4.79 Å². The molecule has 8 heteroatoms. The van der Waals surface area contributed by atoms with Crippen molar-refractivity contribution in [3.63, 3.8) is 0 Å². The Morgan fingerprint density at radius 2 is 2.08 bits per heavy atom. The molecule has 1 aromatic carbocycles. The van der Waals surface area contributed by atoms with Crippen molar-refractivity contribution in [2.45, 2.75) is 37.8 Å². The molecule has 0 spiro atoms. The lowest BCUT2D eigenvalue weighted by Crippen LogP contribution is -2.44. The minimum absolute atomic E-state index is 0.0551. The van der Waals surface area contributed by atoms with E-state index in [9.17, 15) is 13.2 Å². The van der Waals surface area contributed by atoms with E-state index in [1.807, 2.05) is 6.92 Å². The highest BCUT2D eigenvalue weighted by Gasteiger charge is 2.28. The molecule has 2 rings (SSSR count). The van der Waals surface area contributed by atoms with Gasteiger partial charge in [-0.15, -0.1) is 0 Å². The van der Waals surface area contributed by atoms with E-state index in [0.29, 0.717) is 19.7 Å². The van der Waals surface area contributed by atoms with Crippen LogP contribution in [0, 0.1) is 0 Å². The maximum atomic E-state index is 12.7. The molecule has 1 heterocycles. The van der Waals surface area contributed by atoms with Crippen molar-refractivity contribution in [3.05, 3.63) is 28.8 Å². The average molecular weight is 375 g/mol. The number of amides is 1. The standard InChI is InChI=1S/C16H23ClN2O4S/c1-11(2)18(4)24(21,22)13-5-6-15(17)14(9-13)16(20)19-7-8-23-12(3)10-19/h5-6,9,11-12H,7-8,10H2,1-4H3. The molecular formula is C16H23ClN2O4S. The predicted octanol–water partition coefficient (Wildman–Crippen LogP) is 2.23. The first kappa shape index (κ1) is 19.2. The van der Waals surface area contributed by atoms with E-state index in [1.54, 1.807) is 18.7 Å². The fourth-order valence-electron chi connectivity index (χ4n) is 2.45. The molecule has 1 fully saturated rings. The number of nitrogens with zero attached hydrogens (tertiary/aromatic N) is 2. The van der Waals surface area contributed by atoms with E-state index < -0.39 is 10.0 Å². The van der Waals surface area contributed by atoms with E-state index in [-0.39, 0.29) is 33.5 Å². The molecular weight excluding hydrogens is 352 g/mol. The van der Waals surface area contributed by atoms with Crippen LogP contribution in [0.25, 0.3) is 0 Å². The summed E-state index contributed by atoms with van der Waals surface area (Å²) in [5.41, 5.74) is 0.198. The molecule has 24 heavy (non-hydrogen) atoms. The lowest BCUT2D eigenvalue weighted by molar-refractivity contribution is -0.0124. The SMILES string of the molecule is CC1CN(C(=O)c2cc(S(=O)(=O)N(C)C(C)C)ccc2Cl)CCO1. The highest BCUT2D eigenvalue weighted by molar-refractivity contribution is 7.89. The fourth-order valence-corrected chi connectivity index (χ4v) is 4.04. The van der Waals surface area contributed by atoms with Crippen LogP contribution < -0.4 is 0 Å². The largest absolute Gasteiger partial charge is 0.375 e. The molecule has 1 unspecified atom stereocenters. The normalized spacial score (nSPS) is 19.1. The Kier molecular flexibility index (Phi) is 5.91. The Labute approximate surface area is 148 Å². The second-order valence-electron chi connectivity index (χ2n) is 6.19. The van der Waals surface area contributed by atoms with Crippen LogP contribution in [0.3, 0.4) is 0 Å². The van der Waals surface area contributed by atoms with Gasteiger partial charge in [-0.1, -0.05) is 11.6 Å². The third-order valence-corrected chi connectivity index (χ3v) is 6.46. The molecule has 0 N–H and O–H groups in total. The minimum Gasteiger partial charge on any atom is -0.375 e. The highest BCUT2D eigenvalue weighted by atomic mass is 35.5. The second kappa shape index (κ2) is 7.39. The highest BCUT2D eigenvalue weighted by Crippen LogP contribution is 2.25. The molecule has 0 radical (unpaired) electrons. The summed E-state index contributed by atoms with van der Waals surface area (Å²) in [5, 5.41) is 0.241. The van der Waals surface area contributed by atoms with E-state index >= 15 is 0 Å². The van der Waals surface area contributed by atoms with Gasteiger partial charge in [0.15, 0.2) is 0 Å². The van der Waals surface area contributed by atoms with Gasteiger partial charge in [0.05, 0.1) is 28.2 Å². The zero-order chi connectivity index (χ0) is 18.1. The molecule has 0 bridgehead atoms. The summed E-state index contributed by atoms with van der Waals surface area (Å²) in [7, 11) is -2.16. The van der Waals surface area contributed by atoms with Gasteiger partial charge in [0, 0.05) is 26.2 Å². The van der Waals surface area contributed by atoms with Crippen LogP contribution in [0.1, 0.15) is 31.1 Å².